The summed E-state index contributed by atoms with van der Waals surface area (Å²) < 4.78 is 5.51. The fourth-order valence-electron chi connectivity index (χ4n) is 3.02. The van der Waals surface area contributed by atoms with E-state index in [4.69, 9.17) is 4.74 Å². The Hall–Kier alpha value is -0.120. The van der Waals surface area contributed by atoms with Gasteiger partial charge < -0.3 is 9.64 Å². The van der Waals surface area contributed by atoms with Crippen LogP contribution >= 0.6 is 0 Å². The molecule has 0 radical (unpaired) electrons. The summed E-state index contributed by atoms with van der Waals surface area (Å²) in [6.45, 7) is 12.4. The minimum Gasteiger partial charge on any atom is -0.379 e. The highest BCUT2D eigenvalue weighted by Crippen LogP contribution is 2.21. The van der Waals surface area contributed by atoms with E-state index in [0.29, 0.717) is 12.1 Å². The summed E-state index contributed by atoms with van der Waals surface area (Å²) in [5.74, 6) is 0. The Morgan fingerprint density at radius 2 is 1.81 bits per heavy atom. The van der Waals surface area contributed by atoms with E-state index in [1.54, 1.807) is 0 Å². The highest BCUT2D eigenvalue weighted by molar-refractivity contribution is 4.85. The molecule has 3 nitrogen and oxygen atoms in total. The van der Waals surface area contributed by atoms with Gasteiger partial charge in [0, 0.05) is 24.7 Å². The topological polar surface area (TPSA) is 15.7 Å². The largest absolute Gasteiger partial charge is 0.379 e. The molecule has 2 rings (SSSR count). The maximum atomic E-state index is 5.51. The molecule has 0 N–H and O–H groups in total. The van der Waals surface area contributed by atoms with Crippen molar-refractivity contribution in [2.75, 3.05) is 32.8 Å². The lowest BCUT2D eigenvalue weighted by atomic mass is 10.00. The lowest BCUT2D eigenvalue weighted by Gasteiger charge is -2.44. The van der Waals surface area contributed by atoms with Crippen molar-refractivity contribution in [2.24, 2.45) is 0 Å². The number of piperidine rings is 1. The molecule has 0 aromatic heterocycles. The molecular weight excluding hydrogens is 200 g/mol. The molecule has 0 aromatic carbocycles. The minimum atomic E-state index is 0.615. The summed E-state index contributed by atoms with van der Waals surface area (Å²) in [4.78, 5) is 5.27. The minimum absolute atomic E-state index is 0.615. The van der Waals surface area contributed by atoms with Gasteiger partial charge in [-0.3, -0.25) is 4.90 Å². The van der Waals surface area contributed by atoms with Crippen LogP contribution in [-0.4, -0.2) is 60.8 Å². The normalized spacial score (nSPS) is 31.1. The van der Waals surface area contributed by atoms with E-state index in [-0.39, 0.29) is 0 Å². The van der Waals surface area contributed by atoms with Crippen LogP contribution in [0.2, 0.25) is 0 Å². The number of nitrogens with zero attached hydrogens (tertiary/aromatic N) is 2. The van der Waals surface area contributed by atoms with Crippen LogP contribution in [-0.2, 0) is 4.74 Å². The molecule has 0 aliphatic carbocycles. The summed E-state index contributed by atoms with van der Waals surface area (Å²) in [5, 5.41) is 0. The first-order valence-electron chi connectivity index (χ1n) is 6.76. The Kier molecular flexibility index (Phi) is 4.22. The average Bonchev–Trinajstić information content (AvgIpc) is 2.30. The van der Waals surface area contributed by atoms with E-state index in [2.05, 4.69) is 30.6 Å². The number of ether oxygens (including phenoxy) is 1. The first kappa shape index (κ1) is 12.3. The van der Waals surface area contributed by atoms with Crippen LogP contribution in [0.3, 0.4) is 0 Å². The molecule has 0 bridgehead atoms. The SMILES string of the molecule is CC(C)N1CCC(N2CCOC[C@@H]2C)CC1. The second-order valence-electron chi connectivity index (χ2n) is 5.52. The van der Waals surface area contributed by atoms with Gasteiger partial charge in [-0.25, -0.2) is 0 Å². The molecule has 16 heavy (non-hydrogen) atoms. The highest BCUT2D eigenvalue weighted by atomic mass is 16.5. The molecule has 0 aromatic rings. The van der Waals surface area contributed by atoms with Gasteiger partial charge in [0.2, 0.25) is 0 Å². The van der Waals surface area contributed by atoms with Gasteiger partial charge >= 0.3 is 0 Å². The third-order valence-corrected chi connectivity index (χ3v) is 4.12. The second-order valence-corrected chi connectivity index (χ2v) is 5.52. The van der Waals surface area contributed by atoms with Crippen LogP contribution in [0.4, 0.5) is 0 Å². The fourth-order valence-corrected chi connectivity index (χ4v) is 3.02. The predicted molar refractivity (Wildman–Crippen MR) is 66.7 cm³/mol. The van der Waals surface area contributed by atoms with Crippen LogP contribution in [0.5, 0.6) is 0 Å². The number of likely N-dealkylation sites (tertiary alicyclic amines) is 1. The summed E-state index contributed by atoms with van der Waals surface area (Å²) >= 11 is 0. The lowest BCUT2D eigenvalue weighted by molar-refractivity contribution is -0.0367. The molecule has 0 spiro atoms. The van der Waals surface area contributed by atoms with Crippen molar-refractivity contribution in [1.29, 1.82) is 0 Å². The van der Waals surface area contributed by atoms with E-state index in [1.807, 2.05) is 0 Å². The summed E-state index contributed by atoms with van der Waals surface area (Å²) in [5.41, 5.74) is 0. The number of hydrogen-bond acceptors (Lipinski definition) is 3. The maximum Gasteiger partial charge on any atom is 0.0619 e. The zero-order valence-electron chi connectivity index (χ0n) is 11.0. The Bertz CT molecular complexity index is 212. The smallest absolute Gasteiger partial charge is 0.0619 e. The maximum absolute atomic E-state index is 5.51. The lowest BCUT2D eigenvalue weighted by Crippen LogP contribution is -2.53. The quantitative estimate of drug-likeness (QED) is 0.711. The van der Waals surface area contributed by atoms with Crippen molar-refractivity contribution in [3.63, 3.8) is 0 Å². The van der Waals surface area contributed by atoms with Crippen molar-refractivity contribution in [3.05, 3.63) is 0 Å². The fraction of sp³-hybridized carbons (Fsp3) is 1.00. The average molecular weight is 226 g/mol. The van der Waals surface area contributed by atoms with Crippen LogP contribution in [0, 0.1) is 0 Å². The molecule has 0 saturated carbocycles. The summed E-state index contributed by atoms with van der Waals surface area (Å²) in [6, 6.07) is 2.13. The van der Waals surface area contributed by atoms with Crippen LogP contribution < -0.4 is 0 Å². The first-order valence-corrected chi connectivity index (χ1v) is 6.76. The molecule has 1 atom stereocenters. The number of morpholine rings is 1. The van der Waals surface area contributed by atoms with Gasteiger partial charge in [-0.05, 0) is 46.7 Å². The molecule has 2 saturated heterocycles. The van der Waals surface area contributed by atoms with Gasteiger partial charge in [-0.1, -0.05) is 0 Å². The number of hydrogen-bond donors (Lipinski definition) is 0. The molecule has 0 amide bonds. The van der Waals surface area contributed by atoms with E-state index < -0.39 is 0 Å². The molecule has 2 heterocycles. The van der Waals surface area contributed by atoms with E-state index in [0.717, 1.165) is 25.8 Å². The van der Waals surface area contributed by atoms with Crippen molar-refractivity contribution in [3.8, 4) is 0 Å². The molecule has 2 aliphatic rings. The Morgan fingerprint density at radius 3 is 2.38 bits per heavy atom. The highest BCUT2D eigenvalue weighted by Gasteiger charge is 2.29. The Balaban J connectivity index is 1.83. The Morgan fingerprint density at radius 1 is 1.12 bits per heavy atom. The van der Waals surface area contributed by atoms with Gasteiger partial charge in [0.1, 0.15) is 0 Å². The van der Waals surface area contributed by atoms with Crippen molar-refractivity contribution < 1.29 is 4.74 Å². The van der Waals surface area contributed by atoms with Crippen LogP contribution in [0.1, 0.15) is 33.6 Å². The van der Waals surface area contributed by atoms with Gasteiger partial charge in [0.15, 0.2) is 0 Å². The van der Waals surface area contributed by atoms with Crippen LogP contribution in [0.25, 0.3) is 0 Å². The first-order chi connectivity index (χ1) is 7.68. The number of rotatable bonds is 2. The third kappa shape index (κ3) is 2.76. The molecule has 2 fully saturated rings. The molecule has 2 aliphatic heterocycles. The monoisotopic (exact) mass is 226 g/mol. The van der Waals surface area contributed by atoms with Gasteiger partial charge in [0.05, 0.1) is 13.2 Å². The zero-order valence-corrected chi connectivity index (χ0v) is 11.0. The van der Waals surface area contributed by atoms with E-state index in [9.17, 15) is 0 Å². The van der Waals surface area contributed by atoms with Gasteiger partial charge in [-0.2, -0.15) is 0 Å². The summed E-state index contributed by atoms with van der Waals surface area (Å²) in [6.07, 6.45) is 2.67. The summed E-state index contributed by atoms with van der Waals surface area (Å²) in [7, 11) is 0. The van der Waals surface area contributed by atoms with Crippen molar-refractivity contribution in [2.45, 2.75) is 51.7 Å². The molecule has 3 heteroatoms. The van der Waals surface area contributed by atoms with Crippen LogP contribution in [0.15, 0.2) is 0 Å². The predicted octanol–water partition coefficient (Wildman–Crippen LogP) is 1.58. The van der Waals surface area contributed by atoms with Gasteiger partial charge in [0.25, 0.3) is 0 Å². The molecule has 0 unspecified atom stereocenters. The standard InChI is InChI=1S/C13H26N2O/c1-11(2)14-6-4-13(5-7-14)15-8-9-16-10-12(15)3/h11-13H,4-10H2,1-3H3/t12-/m0/s1. The third-order valence-electron chi connectivity index (χ3n) is 4.12. The van der Waals surface area contributed by atoms with E-state index >= 15 is 0 Å². The van der Waals surface area contributed by atoms with E-state index in [1.165, 1.54) is 25.9 Å². The second kappa shape index (κ2) is 5.48. The Labute approximate surface area is 99.7 Å². The molecule has 94 valence electrons. The van der Waals surface area contributed by atoms with Crippen molar-refractivity contribution in [1.82, 2.24) is 9.80 Å². The van der Waals surface area contributed by atoms with Crippen molar-refractivity contribution >= 4 is 0 Å². The zero-order chi connectivity index (χ0) is 11.5. The molecular formula is C13H26N2O. The van der Waals surface area contributed by atoms with Gasteiger partial charge in [-0.15, -0.1) is 0 Å².